The van der Waals surface area contributed by atoms with Gasteiger partial charge in [-0.15, -0.1) is 0 Å². The summed E-state index contributed by atoms with van der Waals surface area (Å²) in [6.45, 7) is 9.34. The molecule has 0 aromatic heterocycles. The van der Waals surface area contributed by atoms with Crippen molar-refractivity contribution in [3.8, 4) is 6.07 Å². The van der Waals surface area contributed by atoms with Gasteiger partial charge >= 0.3 is 0 Å². The van der Waals surface area contributed by atoms with Crippen molar-refractivity contribution in [1.29, 1.82) is 5.26 Å². The number of rotatable bonds is 3. The first-order valence-electron chi connectivity index (χ1n) is 12.0. The monoisotopic (exact) mass is 490 g/mol. The topological polar surface area (TPSA) is 123 Å². The minimum absolute atomic E-state index is 0.000754. The van der Waals surface area contributed by atoms with E-state index in [9.17, 15) is 19.6 Å². The number of fused-ring (bicyclic) bond motifs is 3. The van der Waals surface area contributed by atoms with Gasteiger partial charge in [-0.05, 0) is 38.7 Å². The van der Waals surface area contributed by atoms with Crippen molar-refractivity contribution in [3.05, 3.63) is 52.5 Å². The molecule has 2 amide bonds. The molecule has 36 heavy (non-hydrogen) atoms. The normalized spacial score (nSPS) is 23.3. The molecular weight excluding hydrogens is 456 g/mol. The van der Waals surface area contributed by atoms with Crippen molar-refractivity contribution in [1.82, 2.24) is 15.3 Å². The van der Waals surface area contributed by atoms with E-state index in [1.165, 1.54) is 4.90 Å². The van der Waals surface area contributed by atoms with Crippen molar-refractivity contribution < 1.29 is 14.4 Å². The highest BCUT2D eigenvalue weighted by Crippen LogP contribution is 2.57. The summed E-state index contributed by atoms with van der Waals surface area (Å²) in [5.41, 5.74) is 5.96. The van der Waals surface area contributed by atoms with Gasteiger partial charge in [0.25, 0.3) is 0 Å². The molecule has 9 heteroatoms. The highest BCUT2D eigenvalue weighted by molar-refractivity contribution is 6.21. The van der Waals surface area contributed by atoms with Crippen molar-refractivity contribution >= 4 is 23.3 Å². The summed E-state index contributed by atoms with van der Waals surface area (Å²) in [6, 6.07) is 9.22. The second-order valence-corrected chi connectivity index (χ2v) is 11.8. The quantitative estimate of drug-likeness (QED) is 0.667. The second kappa shape index (κ2) is 8.20. The molecule has 3 aliphatic rings. The maximum Gasteiger partial charge on any atom is 0.248 e. The third-order valence-electron chi connectivity index (χ3n) is 6.84. The third-order valence-corrected chi connectivity index (χ3v) is 6.84. The number of benzene rings is 1. The Balaban J connectivity index is 2.01. The molecular formula is C27H34N6O3. The molecule has 0 saturated heterocycles. The molecule has 1 aromatic rings. The Bertz CT molecular complexity index is 1280. The number of carbonyl (C=O) groups excluding carboxylic acids is 3. The van der Waals surface area contributed by atoms with E-state index in [1.54, 1.807) is 48.4 Å². The molecule has 0 bridgehead atoms. The fraction of sp³-hybridized carbons (Fsp3) is 0.481. The minimum atomic E-state index is -1.70. The molecule has 1 atom stereocenters. The molecule has 2 heterocycles. The Morgan fingerprint density at radius 2 is 1.83 bits per heavy atom. The SMILES string of the molecule is CN(C)N1C(N)=C(C#N)[C@@]2(C(=O)N(CC(=O)NC(C)(C)C)c3ccccc32)C2=C1CC(C)(C)CC2=O. The number of nitrogens with two attached hydrogens (primary N) is 1. The zero-order valence-electron chi connectivity index (χ0n) is 22.0. The van der Waals surface area contributed by atoms with Crippen molar-refractivity contribution in [2.75, 3.05) is 25.5 Å². The third kappa shape index (κ3) is 3.68. The maximum atomic E-state index is 14.5. The molecule has 9 nitrogen and oxygen atoms in total. The van der Waals surface area contributed by atoms with Crippen molar-refractivity contribution in [3.63, 3.8) is 0 Å². The second-order valence-electron chi connectivity index (χ2n) is 11.8. The van der Waals surface area contributed by atoms with Crippen molar-refractivity contribution in [2.45, 2.75) is 58.4 Å². The molecule has 0 saturated carbocycles. The molecule has 0 unspecified atom stereocenters. The predicted molar refractivity (Wildman–Crippen MR) is 136 cm³/mol. The van der Waals surface area contributed by atoms with E-state index in [0.717, 1.165) is 0 Å². The van der Waals surface area contributed by atoms with E-state index in [4.69, 9.17) is 5.73 Å². The summed E-state index contributed by atoms with van der Waals surface area (Å²) in [5.74, 6) is -0.936. The summed E-state index contributed by atoms with van der Waals surface area (Å²) in [4.78, 5) is 42.7. The first-order valence-corrected chi connectivity index (χ1v) is 12.0. The largest absolute Gasteiger partial charge is 0.383 e. The van der Waals surface area contributed by atoms with Crippen LogP contribution in [-0.2, 0) is 19.8 Å². The summed E-state index contributed by atoms with van der Waals surface area (Å²) < 4.78 is 0. The fourth-order valence-corrected chi connectivity index (χ4v) is 5.76. The summed E-state index contributed by atoms with van der Waals surface area (Å²) in [5, 5.41) is 16.7. The van der Waals surface area contributed by atoms with E-state index in [-0.39, 0.29) is 47.0 Å². The van der Waals surface area contributed by atoms with Gasteiger partial charge in [-0.25, -0.2) is 5.01 Å². The van der Waals surface area contributed by atoms with Crippen LogP contribution in [0, 0.1) is 16.7 Å². The highest BCUT2D eigenvalue weighted by Gasteiger charge is 2.63. The lowest BCUT2D eigenvalue weighted by atomic mass is 9.61. The van der Waals surface area contributed by atoms with Gasteiger partial charge in [-0.2, -0.15) is 5.26 Å². The Hall–Kier alpha value is -3.64. The number of nitrogens with one attached hydrogen (secondary N) is 1. The summed E-state index contributed by atoms with van der Waals surface area (Å²) in [6.07, 6.45) is 0.723. The molecule has 190 valence electrons. The molecule has 4 rings (SSSR count). The zero-order valence-corrected chi connectivity index (χ0v) is 22.0. The maximum absolute atomic E-state index is 14.5. The number of nitrogens with zero attached hydrogens (tertiary/aromatic N) is 4. The smallest absolute Gasteiger partial charge is 0.248 e. The van der Waals surface area contributed by atoms with E-state index in [1.807, 2.05) is 34.6 Å². The molecule has 3 N–H and O–H groups in total. The van der Waals surface area contributed by atoms with Gasteiger partial charge in [0.15, 0.2) is 5.78 Å². The predicted octanol–water partition coefficient (Wildman–Crippen LogP) is 2.31. The van der Waals surface area contributed by atoms with Crippen LogP contribution in [-0.4, -0.2) is 53.8 Å². The number of nitriles is 1. The Morgan fingerprint density at radius 1 is 1.19 bits per heavy atom. The van der Waals surface area contributed by atoms with Crippen LogP contribution in [0.1, 0.15) is 53.0 Å². The van der Waals surface area contributed by atoms with Crippen LogP contribution in [0.3, 0.4) is 0 Å². The molecule has 2 aliphatic heterocycles. The van der Waals surface area contributed by atoms with Gasteiger partial charge < -0.3 is 16.0 Å². The number of para-hydroxylation sites is 1. The first kappa shape index (κ1) is 25.5. The highest BCUT2D eigenvalue weighted by atomic mass is 16.2. The van der Waals surface area contributed by atoms with Gasteiger partial charge in [-0.3, -0.25) is 19.4 Å². The summed E-state index contributed by atoms with van der Waals surface area (Å²) in [7, 11) is 3.56. The van der Waals surface area contributed by atoms with Crippen LogP contribution in [0.15, 0.2) is 46.9 Å². The van der Waals surface area contributed by atoms with Gasteiger partial charge in [-0.1, -0.05) is 32.0 Å². The van der Waals surface area contributed by atoms with E-state index < -0.39 is 16.9 Å². The Morgan fingerprint density at radius 3 is 2.42 bits per heavy atom. The number of ketones is 1. The lowest BCUT2D eigenvalue weighted by Gasteiger charge is -2.48. The van der Waals surface area contributed by atoms with Gasteiger partial charge in [0.05, 0.1) is 5.57 Å². The fourth-order valence-electron chi connectivity index (χ4n) is 5.76. The average Bonchev–Trinajstić information content (AvgIpc) is 2.95. The number of allylic oxidation sites excluding steroid dienone is 1. The summed E-state index contributed by atoms with van der Waals surface area (Å²) >= 11 is 0. The lowest BCUT2D eigenvalue weighted by Crippen LogP contribution is -2.56. The number of Topliss-reactive ketones (excluding diaryl/α,β-unsaturated/α-hetero) is 1. The van der Waals surface area contributed by atoms with Gasteiger partial charge in [0.1, 0.15) is 23.8 Å². The van der Waals surface area contributed by atoms with Crippen LogP contribution >= 0.6 is 0 Å². The number of hydrogen-bond donors (Lipinski definition) is 2. The Labute approximate surface area is 212 Å². The van der Waals surface area contributed by atoms with E-state index in [0.29, 0.717) is 23.4 Å². The Kier molecular flexibility index (Phi) is 5.80. The standard InChI is InChI=1S/C27H34N6O3/c1-25(2,3)30-21(35)15-32-18-11-9-8-10-16(18)27(24(32)36)17(14-28)23(29)33(31(6)7)19-12-26(4,5)13-20(34)22(19)27/h8-11H,12-13,15,29H2,1-7H3,(H,30,35)/t27-/m1/s1. The first-order chi connectivity index (χ1) is 16.7. The zero-order chi connectivity index (χ0) is 26.8. The van der Waals surface area contributed by atoms with Gasteiger partial charge in [0.2, 0.25) is 11.8 Å². The molecule has 1 spiro atoms. The van der Waals surface area contributed by atoms with Crippen LogP contribution in [0.25, 0.3) is 0 Å². The molecule has 1 aliphatic carbocycles. The number of hydrogen-bond acceptors (Lipinski definition) is 7. The molecule has 0 radical (unpaired) electrons. The van der Waals surface area contributed by atoms with Crippen LogP contribution in [0.4, 0.5) is 5.69 Å². The number of carbonyl (C=O) groups is 3. The molecule has 1 aromatic carbocycles. The van der Waals surface area contributed by atoms with E-state index >= 15 is 0 Å². The van der Waals surface area contributed by atoms with Gasteiger partial charge in [0, 0.05) is 48.6 Å². The van der Waals surface area contributed by atoms with E-state index in [2.05, 4.69) is 11.4 Å². The van der Waals surface area contributed by atoms with Crippen LogP contribution in [0.5, 0.6) is 0 Å². The number of amides is 2. The average molecular weight is 491 g/mol. The molecule has 0 fully saturated rings. The number of hydrazine groups is 1. The van der Waals surface area contributed by atoms with Crippen LogP contribution in [0.2, 0.25) is 0 Å². The number of anilines is 1. The minimum Gasteiger partial charge on any atom is -0.383 e. The van der Waals surface area contributed by atoms with Crippen LogP contribution < -0.4 is 16.0 Å². The lowest BCUT2D eigenvalue weighted by molar-refractivity contribution is -0.127. The van der Waals surface area contributed by atoms with Crippen molar-refractivity contribution in [2.24, 2.45) is 11.1 Å².